The normalized spacial score (nSPS) is 18.2. The van der Waals surface area contributed by atoms with Crippen LogP contribution in [-0.2, 0) is 11.2 Å². The molecule has 1 unspecified atom stereocenters. The second-order valence-electron chi connectivity index (χ2n) is 4.96. The Bertz CT molecular complexity index is 459. The molecule has 0 spiro atoms. The van der Waals surface area contributed by atoms with E-state index in [-0.39, 0.29) is 5.91 Å². The molecule has 0 radical (unpaired) electrons. The molecule has 4 nitrogen and oxygen atoms in total. The molecule has 2 rings (SSSR count). The van der Waals surface area contributed by atoms with Gasteiger partial charge in [0, 0.05) is 7.05 Å². The van der Waals surface area contributed by atoms with Crippen molar-refractivity contribution in [2.24, 2.45) is 0 Å². The van der Waals surface area contributed by atoms with Gasteiger partial charge in [0.15, 0.2) is 6.10 Å². The van der Waals surface area contributed by atoms with E-state index in [2.05, 4.69) is 18.3 Å². The summed E-state index contributed by atoms with van der Waals surface area (Å²) < 4.78 is 5.61. The van der Waals surface area contributed by atoms with Crippen molar-refractivity contribution in [2.75, 3.05) is 25.0 Å². The highest BCUT2D eigenvalue weighted by molar-refractivity contribution is 5.99. The summed E-state index contributed by atoms with van der Waals surface area (Å²) in [6.45, 7) is 5.95. The predicted molar refractivity (Wildman–Crippen MR) is 76.8 cm³/mol. The third kappa shape index (κ3) is 3.07. The number of amides is 1. The van der Waals surface area contributed by atoms with E-state index in [1.54, 1.807) is 18.9 Å². The summed E-state index contributed by atoms with van der Waals surface area (Å²) in [5.74, 6) is 0.800. The van der Waals surface area contributed by atoms with Crippen LogP contribution in [0.1, 0.15) is 25.8 Å². The molecular formula is C15H22N2O2. The number of likely N-dealkylation sites (N-methyl/N-ethyl adjacent to an activating group) is 1. The van der Waals surface area contributed by atoms with Crippen LogP contribution in [-0.4, -0.2) is 32.1 Å². The van der Waals surface area contributed by atoms with Crippen LogP contribution < -0.4 is 15.0 Å². The highest BCUT2D eigenvalue weighted by atomic mass is 16.5. The number of nitrogens with one attached hydrogen (secondary N) is 1. The third-order valence-corrected chi connectivity index (χ3v) is 3.38. The lowest BCUT2D eigenvalue weighted by Gasteiger charge is -2.30. The Morgan fingerprint density at radius 1 is 1.37 bits per heavy atom. The average molecular weight is 262 g/mol. The number of benzene rings is 1. The van der Waals surface area contributed by atoms with E-state index in [4.69, 9.17) is 4.74 Å². The van der Waals surface area contributed by atoms with Crippen LogP contribution >= 0.6 is 0 Å². The molecule has 0 fully saturated rings. The lowest BCUT2D eigenvalue weighted by atomic mass is 10.1. The maximum Gasteiger partial charge on any atom is 0.267 e. The molecule has 1 aromatic rings. The smallest absolute Gasteiger partial charge is 0.267 e. The van der Waals surface area contributed by atoms with Gasteiger partial charge < -0.3 is 15.0 Å². The summed E-state index contributed by atoms with van der Waals surface area (Å²) in [7, 11) is 1.80. The van der Waals surface area contributed by atoms with Crippen LogP contribution in [0.4, 0.5) is 5.69 Å². The Morgan fingerprint density at radius 3 is 2.89 bits per heavy atom. The van der Waals surface area contributed by atoms with Gasteiger partial charge in [-0.25, -0.2) is 0 Å². The van der Waals surface area contributed by atoms with Crippen LogP contribution in [0.15, 0.2) is 18.2 Å². The van der Waals surface area contributed by atoms with Crippen molar-refractivity contribution in [1.82, 2.24) is 5.32 Å². The number of carbonyl (C=O) groups is 1. The van der Waals surface area contributed by atoms with Crippen LogP contribution in [0.5, 0.6) is 5.75 Å². The quantitative estimate of drug-likeness (QED) is 0.825. The molecule has 0 saturated carbocycles. The fourth-order valence-corrected chi connectivity index (χ4v) is 2.25. The fourth-order valence-electron chi connectivity index (χ4n) is 2.25. The van der Waals surface area contributed by atoms with Gasteiger partial charge in [-0.3, -0.25) is 4.79 Å². The summed E-state index contributed by atoms with van der Waals surface area (Å²) in [6, 6.07) is 6.08. The first-order valence-corrected chi connectivity index (χ1v) is 6.91. The van der Waals surface area contributed by atoms with Crippen molar-refractivity contribution < 1.29 is 9.53 Å². The topological polar surface area (TPSA) is 41.6 Å². The second-order valence-corrected chi connectivity index (χ2v) is 4.96. The van der Waals surface area contributed by atoms with Crippen molar-refractivity contribution in [3.63, 3.8) is 0 Å². The summed E-state index contributed by atoms with van der Waals surface area (Å²) in [5.41, 5.74) is 2.09. The molecule has 19 heavy (non-hydrogen) atoms. The molecule has 1 heterocycles. The molecule has 0 saturated heterocycles. The summed E-state index contributed by atoms with van der Waals surface area (Å²) >= 11 is 0. The lowest BCUT2D eigenvalue weighted by molar-refractivity contribution is -0.125. The van der Waals surface area contributed by atoms with Gasteiger partial charge in [0.25, 0.3) is 5.91 Å². The zero-order valence-electron chi connectivity index (χ0n) is 11.9. The standard InChI is InChI=1S/C15H22N2O2/c1-4-8-16-9-7-12-5-6-14-13(10-12)17(3)15(18)11(2)19-14/h5-6,10-11,16H,4,7-9H2,1-3H3. The highest BCUT2D eigenvalue weighted by Crippen LogP contribution is 2.33. The second kappa shape index (κ2) is 6.06. The minimum absolute atomic E-state index is 0.00811. The molecule has 1 atom stereocenters. The molecule has 0 bridgehead atoms. The fraction of sp³-hybridized carbons (Fsp3) is 0.533. The Hall–Kier alpha value is -1.55. The van der Waals surface area contributed by atoms with Gasteiger partial charge in [-0.05, 0) is 50.6 Å². The Balaban J connectivity index is 2.08. The largest absolute Gasteiger partial charge is 0.479 e. The summed E-state index contributed by atoms with van der Waals surface area (Å²) in [6.07, 6.45) is 1.72. The van der Waals surface area contributed by atoms with Crippen molar-refractivity contribution in [1.29, 1.82) is 0 Å². The van der Waals surface area contributed by atoms with E-state index in [9.17, 15) is 4.79 Å². The number of nitrogens with zero attached hydrogens (tertiary/aromatic N) is 1. The van der Waals surface area contributed by atoms with E-state index in [0.29, 0.717) is 0 Å². The van der Waals surface area contributed by atoms with Gasteiger partial charge in [-0.15, -0.1) is 0 Å². The van der Waals surface area contributed by atoms with Gasteiger partial charge in [-0.1, -0.05) is 13.0 Å². The van der Waals surface area contributed by atoms with Crippen LogP contribution in [0.3, 0.4) is 0 Å². The predicted octanol–water partition coefficient (Wildman–Crippen LogP) is 1.97. The first-order chi connectivity index (χ1) is 9.13. The Labute approximate surface area is 114 Å². The van der Waals surface area contributed by atoms with Gasteiger partial charge in [0.2, 0.25) is 0 Å². The van der Waals surface area contributed by atoms with E-state index in [1.165, 1.54) is 5.56 Å². The molecular weight excluding hydrogens is 240 g/mol. The lowest BCUT2D eigenvalue weighted by Crippen LogP contribution is -2.42. The maximum absolute atomic E-state index is 11.9. The van der Waals surface area contributed by atoms with Gasteiger partial charge in [0.05, 0.1) is 5.69 Å². The first kappa shape index (κ1) is 13.9. The van der Waals surface area contributed by atoms with Gasteiger partial charge in [-0.2, -0.15) is 0 Å². The number of carbonyl (C=O) groups excluding carboxylic acids is 1. The van der Waals surface area contributed by atoms with E-state index in [1.807, 2.05) is 12.1 Å². The molecule has 1 amide bonds. The number of rotatable bonds is 5. The number of hydrogen-bond donors (Lipinski definition) is 1. The Kier molecular flexibility index (Phi) is 4.43. The number of fused-ring (bicyclic) bond motifs is 1. The van der Waals surface area contributed by atoms with Crippen molar-refractivity contribution in [3.8, 4) is 5.75 Å². The maximum atomic E-state index is 11.9. The molecule has 0 aromatic heterocycles. The highest BCUT2D eigenvalue weighted by Gasteiger charge is 2.28. The number of anilines is 1. The average Bonchev–Trinajstić information content (AvgIpc) is 2.42. The van der Waals surface area contributed by atoms with Crippen LogP contribution in [0.2, 0.25) is 0 Å². The monoisotopic (exact) mass is 262 g/mol. The number of hydrogen-bond acceptors (Lipinski definition) is 3. The summed E-state index contributed by atoms with van der Waals surface area (Å²) in [5, 5.41) is 3.38. The van der Waals surface area contributed by atoms with Gasteiger partial charge in [0.1, 0.15) is 5.75 Å². The van der Waals surface area contributed by atoms with Crippen LogP contribution in [0, 0.1) is 0 Å². The first-order valence-electron chi connectivity index (χ1n) is 6.91. The van der Waals surface area contributed by atoms with Crippen molar-refractivity contribution in [3.05, 3.63) is 23.8 Å². The van der Waals surface area contributed by atoms with E-state index < -0.39 is 6.10 Å². The molecule has 4 heteroatoms. The van der Waals surface area contributed by atoms with E-state index in [0.717, 1.165) is 37.4 Å². The van der Waals surface area contributed by atoms with E-state index >= 15 is 0 Å². The molecule has 0 aliphatic carbocycles. The SMILES string of the molecule is CCCNCCc1ccc2c(c1)N(C)C(=O)C(C)O2. The zero-order valence-corrected chi connectivity index (χ0v) is 11.9. The van der Waals surface area contributed by atoms with Crippen molar-refractivity contribution >= 4 is 11.6 Å². The minimum atomic E-state index is -0.394. The molecule has 1 aliphatic heterocycles. The molecule has 1 aromatic carbocycles. The minimum Gasteiger partial charge on any atom is -0.479 e. The number of ether oxygens (including phenoxy) is 1. The Morgan fingerprint density at radius 2 is 2.16 bits per heavy atom. The summed E-state index contributed by atoms with van der Waals surface area (Å²) in [4.78, 5) is 13.6. The molecule has 1 aliphatic rings. The third-order valence-electron chi connectivity index (χ3n) is 3.38. The van der Waals surface area contributed by atoms with Crippen molar-refractivity contribution in [2.45, 2.75) is 32.8 Å². The van der Waals surface area contributed by atoms with Crippen LogP contribution in [0.25, 0.3) is 0 Å². The molecule has 1 N–H and O–H groups in total. The van der Waals surface area contributed by atoms with Gasteiger partial charge >= 0.3 is 0 Å². The molecule has 104 valence electrons. The zero-order chi connectivity index (χ0) is 13.8.